The molecule has 1 nitrogen and oxygen atoms in total. The van der Waals surface area contributed by atoms with Crippen LogP contribution >= 0.6 is 11.6 Å². The van der Waals surface area contributed by atoms with Crippen molar-refractivity contribution in [1.29, 1.82) is 0 Å². The molecule has 0 radical (unpaired) electrons. The van der Waals surface area contributed by atoms with E-state index in [4.69, 9.17) is 11.6 Å². The minimum atomic E-state index is 1.47. The third-order valence-corrected chi connectivity index (χ3v) is 1.05. The van der Waals surface area contributed by atoms with Crippen LogP contribution in [0.25, 0.3) is 0 Å². The molecule has 0 spiro atoms. The zero-order chi connectivity index (χ0) is 8.53. The summed E-state index contributed by atoms with van der Waals surface area (Å²) in [5.41, 5.74) is 1.47. The average Bonchev–Trinajstić information content (AvgIpc) is 1.96. The molecule has 0 aliphatic heterocycles. The lowest BCUT2D eigenvalue weighted by molar-refractivity contribution is -0.458. The summed E-state index contributed by atoms with van der Waals surface area (Å²) in [5, 5.41) is 0. The van der Waals surface area contributed by atoms with E-state index in [1.54, 1.807) is 6.08 Å². The van der Waals surface area contributed by atoms with Gasteiger partial charge in [-0.25, -0.2) is 4.58 Å². The number of nitrogens with zero attached hydrogens (tertiary/aromatic N) is 1. The van der Waals surface area contributed by atoms with Crippen LogP contribution in [0.2, 0.25) is 0 Å². The Bertz CT molecular complexity index is 196. The van der Waals surface area contributed by atoms with E-state index in [0.29, 0.717) is 0 Å². The second-order valence-corrected chi connectivity index (χ2v) is 2.45. The van der Waals surface area contributed by atoms with E-state index in [-0.39, 0.29) is 0 Å². The summed E-state index contributed by atoms with van der Waals surface area (Å²) in [5.74, 6) is 0. The summed E-state index contributed by atoms with van der Waals surface area (Å²) in [7, 11) is 3.96. The summed E-state index contributed by atoms with van der Waals surface area (Å²) < 4.78 is 1.97. The van der Waals surface area contributed by atoms with E-state index in [2.05, 4.69) is 0 Å². The summed E-state index contributed by atoms with van der Waals surface area (Å²) in [6.45, 7) is 0. The normalized spacial score (nSPS) is 11.9. The molecule has 0 bridgehead atoms. The molecule has 0 fully saturated rings. The fourth-order valence-corrected chi connectivity index (χ4v) is 0.540. The molecule has 0 saturated carbocycles. The highest BCUT2D eigenvalue weighted by Gasteiger charge is 1.72. The largest absolute Gasteiger partial charge is 0.241 e. The van der Waals surface area contributed by atoms with Gasteiger partial charge in [0.15, 0.2) is 6.21 Å². The molecular weight excluding hydrogens is 158 g/mol. The fraction of sp³-hybridized carbons (Fsp3) is 0.222. The SMILES string of the molecule is C[N+](C)=C/C=C/C=C/C=C/Cl. The van der Waals surface area contributed by atoms with Crippen molar-refractivity contribution in [2.24, 2.45) is 0 Å². The minimum Gasteiger partial charge on any atom is -0.241 e. The van der Waals surface area contributed by atoms with E-state index >= 15 is 0 Å². The molecule has 0 aromatic heterocycles. The van der Waals surface area contributed by atoms with E-state index in [9.17, 15) is 0 Å². The number of hydrogen-bond donors (Lipinski definition) is 0. The van der Waals surface area contributed by atoms with Crippen molar-refractivity contribution in [3.8, 4) is 0 Å². The van der Waals surface area contributed by atoms with E-state index in [1.807, 2.05) is 49.2 Å². The number of rotatable bonds is 3. The van der Waals surface area contributed by atoms with Crippen LogP contribution in [0.1, 0.15) is 0 Å². The van der Waals surface area contributed by atoms with E-state index in [0.717, 1.165) is 0 Å². The van der Waals surface area contributed by atoms with Gasteiger partial charge in [0, 0.05) is 11.6 Å². The average molecular weight is 171 g/mol. The maximum Gasteiger partial charge on any atom is 0.162 e. The smallest absolute Gasteiger partial charge is 0.162 e. The predicted molar refractivity (Wildman–Crippen MR) is 51.4 cm³/mol. The van der Waals surface area contributed by atoms with Crippen LogP contribution in [-0.4, -0.2) is 24.9 Å². The summed E-state index contributed by atoms with van der Waals surface area (Å²) in [6.07, 6.45) is 11.4. The molecule has 0 saturated heterocycles. The van der Waals surface area contributed by atoms with Gasteiger partial charge in [-0.15, -0.1) is 0 Å². The van der Waals surface area contributed by atoms with Crippen LogP contribution in [-0.2, 0) is 0 Å². The molecule has 0 N–H and O–H groups in total. The first-order valence-corrected chi connectivity index (χ1v) is 3.81. The van der Waals surface area contributed by atoms with Gasteiger partial charge in [0.05, 0.1) is 0 Å². The maximum atomic E-state index is 5.29. The van der Waals surface area contributed by atoms with Gasteiger partial charge in [-0.1, -0.05) is 35.9 Å². The number of halogens is 1. The quantitative estimate of drug-likeness (QED) is 0.347. The maximum absolute atomic E-state index is 5.29. The van der Waals surface area contributed by atoms with Crippen molar-refractivity contribution in [2.45, 2.75) is 0 Å². The van der Waals surface area contributed by atoms with Gasteiger partial charge >= 0.3 is 0 Å². The van der Waals surface area contributed by atoms with Crippen LogP contribution in [0.3, 0.4) is 0 Å². The van der Waals surface area contributed by atoms with Gasteiger partial charge in [-0.2, -0.15) is 0 Å². The lowest BCUT2D eigenvalue weighted by Gasteiger charge is -1.76. The van der Waals surface area contributed by atoms with E-state index in [1.165, 1.54) is 5.54 Å². The molecule has 0 aromatic carbocycles. The molecule has 60 valence electrons. The summed E-state index contributed by atoms with van der Waals surface area (Å²) in [4.78, 5) is 0. The monoisotopic (exact) mass is 170 g/mol. The molecule has 0 rings (SSSR count). The van der Waals surface area contributed by atoms with E-state index < -0.39 is 0 Å². The Morgan fingerprint density at radius 2 is 1.45 bits per heavy atom. The Kier molecular flexibility index (Phi) is 6.75. The molecule has 0 amide bonds. The Labute approximate surface area is 73.0 Å². The third kappa shape index (κ3) is 9.18. The van der Waals surface area contributed by atoms with Crippen molar-refractivity contribution in [3.05, 3.63) is 35.9 Å². The molecule has 0 unspecified atom stereocenters. The van der Waals surface area contributed by atoms with Crippen LogP contribution in [0.5, 0.6) is 0 Å². The van der Waals surface area contributed by atoms with Gasteiger partial charge in [0.1, 0.15) is 14.1 Å². The van der Waals surface area contributed by atoms with Crippen molar-refractivity contribution in [2.75, 3.05) is 14.1 Å². The van der Waals surface area contributed by atoms with Gasteiger partial charge < -0.3 is 0 Å². The van der Waals surface area contributed by atoms with Gasteiger partial charge in [0.2, 0.25) is 0 Å². The van der Waals surface area contributed by atoms with Crippen LogP contribution in [0.15, 0.2) is 35.9 Å². The summed E-state index contributed by atoms with van der Waals surface area (Å²) >= 11 is 5.29. The molecule has 0 aliphatic carbocycles. The zero-order valence-electron chi connectivity index (χ0n) is 6.87. The Balaban J connectivity index is 3.69. The van der Waals surface area contributed by atoms with Gasteiger partial charge in [-0.3, -0.25) is 0 Å². The van der Waals surface area contributed by atoms with Gasteiger partial charge in [-0.05, 0) is 0 Å². The van der Waals surface area contributed by atoms with Crippen LogP contribution in [0, 0.1) is 0 Å². The summed E-state index contributed by atoms with van der Waals surface area (Å²) in [6, 6.07) is 0. The lowest BCUT2D eigenvalue weighted by Crippen LogP contribution is -1.94. The molecule has 0 aliphatic rings. The Hall–Kier alpha value is -0.820. The van der Waals surface area contributed by atoms with Crippen molar-refractivity contribution >= 4 is 17.8 Å². The molecule has 0 aromatic rings. The minimum absolute atomic E-state index is 1.47. The Morgan fingerprint density at radius 3 is 2.00 bits per heavy atom. The predicted octanol–water partition coefficient (Wildman–Crippen LogP) is 2.19. The topological polar surface area (TPSA) is 3.01 Å². The van der Waals surface area contributed by atoms with Gasteiger partial charge in [0.25, 0.3) is 0 Å². The lowest BCUT2D eigenvalue weighted by atomic mass is 10.4. The Morgan fingerprint density at radius 1 is 0.909 bits per heavy atom. The highest BCUT2D eigenvalue weighted by atomic mass is 35.5. The zero-order valence-corrected chi connectivity index (χ0v) is 7.62. The highest BCUT2D eigenvalue weighted by Crippen LogP contribution is 1.81. The van der Waals surface area contributed by atoms with Crippen molar-refractivity contribution in [1.82, 2.24) is 0 Å². The fourth-order valence-electron chi connectivity index (χ4n) is 0.456. The standard InChI is InChI=1S/C9H13ClN/c1-11(2)9-7-5-3-4-6-8-10/h3-9H,1-2H3/q+1/b4-3+,7-5+,8-6+. The first-order valence-electron chi connectivity index (χ1n) is 3.37. The van der Waals surface area contributed by atoms with Crippen LogP contribution in [0.4, 0.5) is 0 Å². The number of hydrogen-bond acceptors (Lipinski definition) is 0. The van der Waals surface area contributed by atoms with Crippen LogP contribution < -0.4 is 0 Å². The molecular formula is C9H13ClN+. The first-order chi connectivity index (χ1) is 5.27. The first kappa shape index (κ1) is 10.2. The van der Waals surface area contributed by atoms with Crippen molar-refractivity contribution in [3.63, 3.8) is 0 Å². The molecule has 11 heavy (non-hydrogen) atoms. The molecule has 0 heterocycles. The van der Waals surface area contributed by atoms with Crippen molar-refractivity contribution < 1.29 is 4.58 Å². The second kappa shape index (κ2) is 7.29. The third-order valence-electron chi connectivity index (χ3n) is 0.901. The molecule has 2 heteroatoms. The molecule has 0 atom stereocenters. The second-order valence-electron chi connectivity index (χ2n) is 2.20. The highest BCUT2D eigenvalue weighted by molar-refractivity contribution is 6.25. The number of allylic oxidation sites excluding steroid dienone is 5.